The molecule has 0 heterocycles. The minimum absolute atomic E-state index is 0.0320. The number of hydrogen-bond donors (Lipinski definition) is 3. The molecule has 0 rings (SSSR count). The molecule has 0 saturated carbocycles. The van der Waals surface area contributed by atoms with Gasteiger partial charge in [-0.2, -0.15) is 0 Å². The molecule has 84 valence electrons. The zero-order chi connectivity index (χ0) is 10.8. The smallest absolute Gasteiger partial charge is 0.236 e. The van der Waals surface area contributed by atoms with Crippen LogP contribution in [0.2, 0.25) is 0 Å². The molecule has 0 aromatic carbocycles. The fourth-order valence-electron chi connectivity index (χ4n) is 1.16. The molecule has 0 aliphatic carbocycles. The van der Waals surface area contributed by atoms with Crippen molar-refractivity contribution in [3.05, 3.63) is 0 Å². The average Bonchev–Trinajstić information content (AvgIpc) is 2.18. The van der Waals surface area contributed by atoms with Crippen LogP contribution >= 0.6 is 0 Å². The van der Waals surface area contributed by atoms with Gasteiger partial charge in [0.05, 0.1) is 6.04 Å². The summed E-state index contributed by atoms with van der Waals surface area (Å²) in [5.41, 5.74) is 11.0. The van der Waals surface area contributed by atoms with Crippen molar-refractivity contribution in [2.75, 3.05) is 13.1 Å². The standard InChI is InChI=1S/C10H23N3O/c1-2-3-8-13-10(14)9(12)6-4-5-7-11/h9H,2-8,11-12H2,1H3,(H,13,14). The predicted octanol–water partition coefficient (Wildman–Crippen LogP) is 0.359. The lowest BCUT2D eigenvalue weighted by atomic mass is 10.1. The highest BCUT2D eigenvalue weighted by atomic mass is 16.2. The largest absolute Gasteiger partial charge is 0.355 e. The number of carbonyl (C=O) groups excluding carboxylic acids is 1. The third-order valence-corrected chi connectivity index (χ3v) is 2.14. The number of rotatable bonds is 8. The number of carbonyl (C=O) groups is 1. The van der Waals surface area contributed by atoms with Gasteiger partial charge in [0, 0.05) is 6.54 Å². The Bertz CT molecular complexity index is 150. The molecule has 0 aromatic heterocycles. The zero-order valence-electron chi connectivity index (χ0n) is 9.09. The van der Waals surface area contributed by atoms with Gasteiger partial charge < -0.3 is 16.8 Å². The maximum atomic E-state index is 11.3. The highest BCUT2D eigenvalue weighted by Crippen LogP contribution is 1.97. The van der Waals surface area contributed by atoms with E-state index in [1.54, 1.807) is 0 Å². The summed E-state index contributed by atoms with van der Waals surface area (Å²) in [5.74, 6) is -0.0320. The lowest BCUT2D eigenvalue weighted by Gasteiger charge is -2.11. The van der Waals surface area contributed by atoms with Crippen molar-refractivity contribution in [3.8, 4) is 0 Å². The molecule has 0 aliphatic heterocycles. The monoisotopic (exact) mass is 201 g/mol. The van der Waals surface area contributed by atoms with Gasteiger partial charge in [0.15, 0.2) is 0 Å². The first-order chi connectivity index (χ1) is 6.72. The third-order valence-electron chi connectivity index (χ3n) is 2.14. The summed E-state index contributed by atoms with van der Waals surface area (Å²) in [5, 5.41) is 2.82. The van der Waals surface area contributed by atoms with E-state index in [0.29, 0.717) is 6.54 Å². The minimum atomic E-state index is -0.363. The average molecular weight is 201 g/mol. The number of hydrogen-bond acceptors (Lipinski definition) is 3. The highest BCUT2D eigenvalue weighted by Gasteiger charge is 2.11. The molecule has 0 radical (unpaired) electrons. The van der Waals surface area contributed by atoms with Gasteiger partial charge >= 0.3 is 0 Å². The van der Waals surface area contributed by atoms with Crippen LogP contribution in [0.1, 0.15) is 39.0 Å². The fraction of sp³-hybridized carbons (Fsp3) is 0.900. The number of amides is 1. The predicted molar refractivity (Wildman–Crippen MR) is 58.8 cm³/mol. The van der Waals surface area contributed by atoms with Gasteiger partial charge in [0.2, 0.25) is 5.91 Å². The Labute approximate surface area is 86.4 Å². The van der Waals surface area contributed by atoms with Crippen molar-refractivity contribution in [2.24, 2.45) is 11.5 Å². The van der Waals surface area contributed by atoms with E-state index in [2.05, 4.69) is 12.2 Å². The van der Waals surface area contributed by atoms with Crippen molar-refractivity contribution < 1.29 is 4.79 Å². The van der Waals surface area contributed by atoms with Crippen molar-refractivity contribution in [2.45, 2.75) is 45.1 Å². The molecule has 4 nitrogen and oxygen atoms in total. The topological polar surface area (TPSA) is 81.1 Å². The van der Waals surface area contributed by atoms with Crippen molar-refractivity contribution in [1.82, 2.24) is 5.32 Å². The first kappa shape index (κ1) is 13.4. The zero-order valence-corrected chi connectivity index (χ0v) is 9.09. The van der Waals surface area contributed by atoms with Crippen LogP contribution in [0.4, 0.5) is 0 Å². The lowest BCUT2D eigenvalue weighted by Crippen LogP contribution is -2.40. The molecule has 0 bridgehead atoms. The van der Waals surface area contributed by atoms with Crippen LogP contribution in [0, 0.1) is 0 Å². The van der Waals surface area contributed by atoms with E-state index in [-0.39, 0.29) is 11.9 Å². The Hall–Kier alpha value is -0.610. The van der Waals surface area contributed by atoms with Gasteiger partial charge in [-0.1, -0.05) is 19.8 Å². The van der Waals surface area contributed by atoms with E-state index >= 15 is 0 Å². The maximum absolute atomic E-state index is 11.3. The van der Waals surface area contributed by atoms with E-state index in [9.17, 15) is 4.79 Å². The summed E-state index contributed by atoms with van der Waals surface area (Å²) < 4.78 is 0. The van der Waals surface area contributed by atoms with Gasteiger partial charge in [-0.15, -0.1) is 0 Å². The van der Waals surface area contributed by atoms with E-state index in [1.165, 1.54) is 0 Å². The molecule has 14 heavy (non-hydrogen) atoms. The summed E-state index contributed by atoms with van der Waals surface area (Å²) in [6, 6.07) is -0.363. The summed E-state index contributed by atoms with van der Waals surface area (Å²) in [6.45, 7) is 3.50. The Morgan fingerprint density at radius 3 is 2.64 bits per heavy atom. The normalized spacial score (nSPS) is 12.5. The molecule has 1 unspecified atom stereocenters. The minimum Gasteiger partial charge on any atom is -0.355 e. The van der Waals surface area contributed by atoms with Gasteiger partial charge in [-0.25, -0.2) is 0 Å². The van der Waals surface area contributed by atoms with Gasteiger partial charge in [0.25, 0.3) is 0 Å². The SMILES string of the molecule is CCCCNC(=O)C(N)CCCCN. The van der Waals surface area contributed by atoms with E-state index in [4.69, 9.17) is 11.5 Å². The molecule has 1 atom stereocenters. The summed E-state index contributed by atoms with van der Waals surface area (Å²) >= 11 is 0. The van der Waals surface area contributed by atoms with Crippen LogP contribution in [0.25, 0.3) is 0 Å². The molecule has 5 N–H and O–H groups in total. The molecule has 0 aliphatic rings. The highest BCUT2D eigenvalue weighted by molar-refractivity contribution is 5.81. The molecule has 0 spiro atoms. The lowest BCUT2D eigenvalue weighted by molar-refractivity contribution is -0.122. The summed E-state index contributed by atoms with van der Waals surface area (Å²) in [4.78, 5) is 11.3. The van der Waals surface area contributed by atoms with Crippen LogP contribution in [-0.2, 0) is 4.79 Å². The molecule has 1 amide bonds. The number of unbranched alkanes of at least 4 members (excludes halogenated alkanes) is 2. The van der Waals surface area contributed by atoms with Crippen LogP contribution in [0.3, 0.4) is 0 Å². The second kappa shape index (κ2) is 8.97. The van der Waals surface area contributed by atoms with Gasteiger partial charge in [-0.05, 0) is 25.8 Å². The van der Waals surface area contributed by atoms with E-state index in [1.807, 2.05) is 0 Å². The molecular formula is C10H23N3O. The van der Waals surface area contributed by atoms with Crippen LogP contribution in [-0.4, -0.2) is 25.0 Å². The molecule has 0 fully saturated rings. The van der Waals surface area contributed by atoms with Gasteiger partial charge in [-0.3, -0.25) is 4.79 Å². The van der Waals surface area contributed by atoms with Gasteiger partial charge in [0.1, 0.15) is 0 Å². The second-order valence-corrected chi connectivity index (χ2v) is 3.54. The number of nitrogens with one attached hydrogen (secondary N) is 1. The first-order valence-electron chi connectivity index (χ1n) is 5.45. The summed E-state index contributed by atoms with van der Waals surface area (Å²) in [7, 11) is 0. The Morgan fingerprint density at radius 1 is 1.36 bits per heavy atom. The van der Waals surface area contributed by atoms with Crippen molar-refractivity contribution in [1.29, 1.82) is 0 Å². The van der Waals surface area contributed by atoms with Crippen molar-refractivity contribution in [3.63, 3.8) is 0 Å². The van der Waals surface area contributed by atoms with Crippen molar-refractivity contribution >= 4 is 5.91 Å². The Kier molecular flexibility index (Phi) is 8.57. The summed E-state index contributed by atoms with van der Waals surface area (Å²) in [6.07, 6.45) is 4.70. The number of nitrogens with two attached hydrogens (primary N) is 2. The molecule has 0 aromatic rings. The molecule has 0 saturated heterocycles. The quantitative estimate of drug-likeness (QED) is 0.496. The third kappa shape index (κ3) is 6.86. The van der Waals surface area contributed by atoms with E-state index < -0.39 is 0 Å². The van der Waals surface area contributed by atoms with Crippen LogP contribution in [0.15, 0.2) is 0 Å². The maximum Gasteiger partial charge on any atom is 0.236 e. The Balaban J connectivity index is 3.44. The fourth-order valence-corrected chi connectivity index (χ4v) is 1.16. The molecular weight excluding hydrogens is 178 g/mol. The van der Waals surface area contributed by atoms with E-state index in [0.717, 1.165) is 38.6 Å². The second-order valence-electron chi connectivity index (χ2n) is 3.54. The first-order valence-corrected chi connectivity index (χ1v) is 5.45. The van der Waals surface area contributed by atoms with Crippen LogP contribution < -0.4 is 16.8 Å². The van der Waals surface area contributed by atoms with Crippen LogP contribution in [0.5, 0.6) is 0 Å². The molecule has 4 heteroatoms. The Morgan fingerprint density at radius 2 is 2.07 bits per heavy atom.